The van der Waals surface area contributed by atoms with Gasteiger partial charge in [-0.1, -0.05) is 6.07 Å². The van der Waals surface area contributed by atoms with Gasteiger partial charge in [0.1, 0.15) is 6.04 Å². The average Bonchev–Trinajstić information content (AvgIpc) is 2.94. The number of rotatable bonds is 4. The highest BCUT2D eigenvalue weighted by atomic mass is 16.3. The second kappa shape index (κ2) is 7.35. The van der Waals surface area contributed by atoms with Crippen LogP contribution in [-0.2, 0) is 9.59 Å². The van der Waals surface area contributed by atoms with E-state index in [4.69, 9.17) is 0 Å². The number of nitrogens with one attached hydrogen (secondary N) is 2. The predicted octanol–water partition coefficient (Wildman–Crippen LogP) is 1.05. The average molecular weight is 385 g/mol. The zero-order chi connectivity index (χ0) is 19.8. The Kier molecular flexibility index (Phi) is 4.89. The van der Waals surface area contributed by atoms with Gasteiger partial charge in [0.15, 0.2) is 0 Å². The zero-order valence-electron chi connectivity index (χ0n) is 15.4. The summed E-state index contributed by atoms with van der Waals surface area (Å²) in [6.07, 6.45) is 3.84. The molecule has 8 nitrogen and oxygen atoms in total. The molecule has 1 aromatic rings. The molecular formula is C20H23N3O5. The molecule has 1 saturated carbocycles. The molecule has 0 spiro atoms. The van der Waals surface area contributed by atoms with E-state index in [0.717, 1.165) is 30.6 Å². The third-order valence-corrected chi connectivity index (χ3v) is 5.93. The monoisotopic (exact) mass is 385 g/mol. The number of anilines is 1. The Morgan fingerprint density at radius 2 is 1.79 bits per heavy atom. The highest BCUT2D eigenvalue weighted by Gasteiger charge is 2.45. The Bertz CT molecular complexity index is 844. The summed E-state index contributed by atoms with van der Waals surface area (Å²) in [6.45, 7) is 0.196. The van der Waals surface area contributed by atoms with Crippen LogP contribution in [-0.4, -0.2) is 52.3 Å². The molecule has 4 rings (SSSR count). The molecule has 1 unspecified atom stereocenters. The van der Waals surface area contributed by atoms with Gasteiger partial charge in [-0.25, -0.2) is 0 Å². The number of piperidine rings is 1. The Morgan fingerprint density at radius 1 is 1.04 bits per heavy atom. The second-order valence-electron chi connectivity index (χ2n) is 7.72. The van der Waals surface area contributed by atoms with Crippen molar-refractivity contribution in [3.63, 3.8) is 0 Å². The molecule has 1 aliphatic carbocycles. The molecule has 3 N–H and O–H groups in total. The SMILES string of the molecule is O=C1CCC(N2C(=O)c3cccc(N[C@H]4CC[C@@H](CO)CC4)c3C2=O)C(=O)N1. The van der Waals surface area contributed by atoms with Crippen LogP contribution in [0.1, 0.15) is 59.2 Å². The predicted molar refractivity (Wildman–Crippen MR) is 99.6 cm³/mol. The number of benzene rings is 1. The maximum Gasteiger partial charge on any atom is 0.264 e. The number of hydrogen-bond acceptors (Lipinski definition) is 6. The van der Waals surface area contributed by atoms with Gasteiger partial charge >= 0.3 is 0 Å². The van der Waals surface area contributed by atoms with Crippen LogP contribution in [0.15, 0.2) is 18.2 Å². The summed E-state index contributed by atoms with van der Waals surface area (Å²) in [6, 6.07) is 4.30. The number of imide groups is 2. The Morgan fingerprint density at radius 3 is 2.46 bits per heavy atom. The molecule has 1 saturated heterocycles. The normalized spacial score (nSPS) is 27.6. The molecular weight excluding hydrogens is 362 g/mol. The van der Waals surface area contributed by atoms with Crippen molar-refractivity contribution in [3.05, 3.63) is 29.3 Å². The van der Waals surface area contributed by atoms with Crippen molar-refractivity contribution in [2.75, 3.05) is 11.9 Å². The second-order valence-corrected chi connectivity index (χ2v) is 7.72. The van der Waals surface area contributed by atoms with Gasteiger partial charge in [-0.05, 0) is 50.2 Å². The molecule has 28 heavy (non-hydrogen) atoms. The van der Waals surface area contributed by atoms with Crippen LogP contribution >= 0.6 is 0 Å². The fourth-order valence-electron chi connectivity index (χ4n) is 4.34. The van der Waals surface area contributed by atoms with Gasteiger partial charge in [0.2, 0.25) is 11.8 Å². The number of aliphatic hydroxyl groups is 1. The summed E-state index contributed by atoms with van der Waals surface area (Å²) in [7, 11) is 0. The fourth-order valence-corrected chi connectivity index (χ4v) is 4.34. The van der Waals surface area contributed by atoms with E-state index in [1.165, 1.54) is 0 Å². The van der Waals surface area contributed by atoms with Crippen molar-refractivity contribution < 1.29 is 24.3 Å². The topological polar surface area (TPSA) is 116 Å². The van der Waals surface area contributed by atoms with E-state index in [1.54, 1.807) is 18.2 Å². The third kappa shape index (κ3) is 3.17. The van der Waals surface area contributed by atoms with E-state index in [-0.39, 0.29) is 31.1 Å². The lowest BCUT2D eigenvalue weighted by atomic mass is 9.86. The molecule has 148 valence electrons. The number of carbonyl (C=O) groups excluding carboxylic acids is 4. The van der Waals surface area contributed by atoms with Crippen molar-refractivity contribution in [2.45, 2.75) is 50.6 Å². The molecule has 2 fully saturated rings. The van der Waals surface area contributed by atoms with E-state index in [9.17, 15) is 24.3 Å². The summed E-state index contributed by atoms with van der Waals surface area (Å²) >= 11 is 0. The first-order valence-corrected chi connectivity index (χ1v) is 9.71. The minimum absolute atomic E-state index is 0.100. The summed E-state index contributed by atoms with van der Waals surface area (Å²) < 4.78 is 0. The lowest BCUT2D eigenvalue weighted by molar-refractivity contribution is -0.136. The lowest BCUT2D eigenvalue weighted by Crippen LogP contribution is -2.54. The van der Waals surface area contributed by atoms with E-state index < -0.39 is 29.7 Å². The first kappa shape index (κ1) is 18.6. The van der Waals surface area contributed by atoms with Gasteiger partial charge in [-0.2, -0.15) is 0 Å². The number of aliphatic hydroxyl groups excluding tert-OH is 1. The summed E-state index contributed by atoms with van der Waals surface area (Å²) in [5.41, 5.74) is 1.17. The minimum Gasteiger partial charge on any atom is -0.396 e. The molecule has 8 heteroatoms. The van der Waals surface area contributed by atoms with Crippen molar-refractivity contribution in [2.24, 2.45) is 5.92 Å². The summed E-state index contributed by atoms with van der Waals surface area (Å²) in [4.78, 5) is 50.5. The number of hydrogen-bond donors (Lipinski definition) is 3. The van der Waals surface area contributed by atoms with Gasteiger partial charge in [0.25, 0.3) is 11.8 Å². The van der Waals surface area contributed by atoms with Crippen LogP contribution in [0.5, 0.6) is 0 Å². The Hall–Kier alpha value is -2.74. The minimum atomic E-state index is -0.960. The quantitative estimate of drug-likeness (QED) is 0.667. The fraction of sp³-hybridized carbons (Fsp3) is 0.500. The molecule has 2 aliphatic heterocycles. The highest BCUT2D eigenvalue weighted by molar-refractivity contribution is 6.25. The van der Waals surface area contributed by atoms with Crippen LogP contribution in [0.25, 0.3) is 0 Å². The highest BCUT2D eigenvalue weighted by Crippen LogP contribution is 2.34. The first-order chi connectivity index (χ1) is 13.5. The third-order valence-electron chi connectivity index (χ3n) is 5.93. The molecule has 0 bridgehead atoms. The number of amides is 4. The standard InChI is InChI=1S/C20H23N3O5/c24-10-11-4-6-12(7-5-11)21-14-3-1-2-13-17(14)20(28)23(19(13)27)15-8-9-16(25)22-18(15)26/h1-3,11-12,15,21,24H,4-10H2,(H,22,25,26)/t11-,12+,15?. The van der Waals surface area contributed by atoms with Crippen molar-refractivity contribution in [1.29, 1.82) is 0 Å². The van der Waals surface area contributed by atoms with Crippen LogP contribution in [0.4, 0.5) is 5.69 Å². The van der Waals surface area contributed by atoms with Crippen LogP contribution in [0.3, 0.4) is 0 Å². The smallest absolute Gasteiger partial charge is 0.264 e. The molecule has 3 aliphatic rings. The van der Waals surface area contributed by atoms with Crippen molar-refractivity contribution >= 4 is 29.3 Å². The van der Waals surface area contributed by atoms with Crippen LogP contribution in [0.2, 0.25) is 0 Å². The lowest BCUT2D eigenvalue weighted by Gasteiger charge is -2.29. The van der Waals surface area contributed by atoms with Gasteiger partial charge in [-0.3, -0.25) is 29.4 Å². The molecule has 1 atom stereocenters. The molecule has 1 aromatic carbocycles. The van der Waals surface area contributed by atoms with Crippen molar-refractivity contribution in [3.8, 4) is 0 Å². The molecule has 2 heterocycles. The van der Waals surface area contributed by atoms with Gasteiger partial charge in [0.05, 0.1) is 11.1 Å². The maximum absolute atomic E-state index is 13.1. The van der Waals surface area contributed by atoms with E-state index in [2.05, 4.69) is 10.6 Å². The van der Waals surface area contributed by atoms with E-state index in [1.807, 2.05) is 0 Å². The van der Waals surface area contributed by atoms with Gasteiger partial charge in [0, 0.05) is 24.8 Å². The van der Waals surface area contributed by atoms with Gasteiger partial charge in [-0.15, -0.1) is 0 Å². The number of carbonyl (C=O) groups is 4. The largest absolute Gasteiger partial charge is 0.396 e. The van der Waals surface area contributed by atoms with Crippen LogP contribution < -0.4 is 10.6 Å². The molecule has 0 aromatic heterocycles. The maximum atomic E-state index is 13.1. The van der Waals surface area contributed by atoms with Gasteiger partial charge < -0.3 is 10.4 Å². The van der Waals surface area contributed by atoms with E-state index in [0.29, 0.717) is 17.2 Å². The Labute approximate surface area is 162 Å². The zero-order valence-corrected chi connectivity index (χ0v) is 15.4. The van der Waals surface area contributed by atoms with E-state index >= 15 is 0 Å². The number of nitrogens with zero attached hydrogens (tertiary/aromatic N) is 1. The number of fused-ring (bicyclic) bond motifs is 1. The first-order valence-electron chi connectivity index (χ1n) is 9.71. The Balaban J connectivity index is 1.56. The summed E-state index contributed by atoms with van der Waals surface area (Å²) in [5.74, 6) is -1.67. The molecule has 0 radical (unpaired) electrons. The van der Waals surface area contributed by atoms with Crippen molar-refractivity contribution in [1.82, 2.24) is 10.2 Å². The molecule has 4 amide bonds. The van der Waals surface area contributed by atoms with Crippen LogP contribution in [0, 0.1) is 5.92 Å². The summed E-state index contributed by atoms with van der Waals surface area (Å²) in [5, 5.41) is 14.9.